The first kappa shape index (κ1) is 23.0. The monoisotopic (exact) mass is 448 g/mol. The molecule has 8 heteroatoms. The molecule has 2 aromatic carbocycles. The summed E-state index contributed by atoms with van der Waals surface area (Å²) in [6, 6.07) is 11.3. The van der Waals surface area contributed by atoms with Crippen molar-refractivity contribution in [3.8, 4) is 5.75 Å². The number of aliphatic carboxylic acids is 1. The third kappa shape index (κ3) is 6.18. The minimum absolute atomic E-state index is 0.0226. The molecule has 0 unspecified atom stereocenters. The smallest absolute Gasteiger partial charge is 0.307 e. The van der Waals surface area contributed by atoms with Gasteiger partial charge in [-0.25, -0.2) is 4.39 Å². The molecule has 6 nitrogen and oxygen atoms in total. The van der Waals surface area contributed by atoms with Gasteiger partial charge in [0.25, 0.3) is 5.91 Å². The summed E-state index contributed by atoms with van der Waals surface area (Å²) in [5.74, 6) is -1.11. The number of carboxylic acid groups (broad SMARTS) is 1. The number of hydrogen-bond donors (Lipinski definition) is 1. The van der Waals surface area contributed by atoms with Crippen LogP contribution in [-0.4, -0.2) is 58.6 Å². The maximum absolute atomic E-state index is 13.1. The van der Waals surface area contributed by atoms with Crippen LogP contribution in [0.4, 0.5) is 4.39 Å². The second-order valence-electron chi connectivity index (χ2n) is 7.91. The molecule has 1 saturated heterocycles. The molecule has 1 heterocycles. The zero-order chi connectivity index (χ0) is 22.5. The Morgan fingerprint density at radius 1 is 1.13 bits per heavy atom. The minimum Gasteiger partial charge on any atom is -0.483 e. The van der Waals surface area contributed by atoms with Crippen molar-refractivity contribution in [1.82, 2.24) is 9.80 Å². The fourth-order valence-corrected chi connectivity index (χ4v) is 3.95. The number of rotatable bonds is 7. The molecular weight excluding hydrogens is 423 g/mol. The van der Waals surface area contributed by atoms with Crippen LogP contribution < -0.4 is 4.74 Å². The van der Waals surface area contributed by atoms with Gasteiger partial charge in [0, 0.05) is 42.3 Å². The number of ether oxygens (including phenoxy) is 1. The Morgan fingerprint density at radius 3 is 2.52 bits per heavy atom. The molecule has 0 radical (unpaired) electrons. The lowest BCUT2D eigenvalue weighted by Gasteiger charge is -2.44. The molecule has 2 atom stereocenters. The van der Waals surface area contributed by atoms with Crippen molar-refractivity contribution in [2.45, 2.75) is 38.9 Å². The Balaban J connectivity index is 1.60. The summed E-state index contributed by atoms with van der Waals surface area (Å²) >= 11 is 6.00. The van der Waals surface area contributed by atoms with Crippen LogP contribution in [0.2, 0.25) is 5.02 Å². The van der Waals surface area contributed by atoms with Crippen molar-refractivity contribution in [2.24, 2.45) is 0 Å². The molecule has 1 N–H and O–H groups in total. The van der Waals surface area contributed by atoms with Crippen LogP contribution in [0.3, 0.4) is 0 Å². The molecule has 0 aliphatic carbocycles. The Morgan fingerprint density at radius 2 is 1.84 bits per heavy atom. The van der Waals surface area contributed by atoms with Gasteiger partial charge in [0.05, 0.1) is 6.42 Å². The number of amides is 1. The summed E-state index contributed by atoms with van der Waals surface area (Å²) in [5, 5.41) is 9.47. The second-order valence-corrected chi connectivity index (χ2v) is 8.35. The number of nitrogens with zero attached hydrogens (tertiary/aromatic N) is 2. The van der Waals surface area contributed by atoms with Crippen molar-refractivity contribution in [1.29, 1.82) is 0 Å². The summed E-state index contributed by atoms with van der Waals surface area (Å²) in [5.41, 5.74) is 1.49. The van der Waals surface area contributed by atoms with Crippen LogP contribution in [0, 0.1) is 5.82 Å². The number of benzene rings is 2. The first-order chi connectivity index (χ1) is 14.7. The van der Waals surface area contributed by atoms with Gasteiger partial charge in [-0.15, -0.1) is 0 Å². The van der Waals surface area contributed by atoms with Gasteiger partial charge < -0.3 is 14.7 Å². The van der Waals surface area contributed by atoms with E-state index in [0.717, 1.165) is 5.56 Å². The van der Waals surface area contributed by atoms with E-state index in [0.29, 0.717) is 36.0 Å². The molecule has 3 rings (SSSR count). The zero-order valence-electron chi connectivity index (χ0n) is 17.6. The highest BCUT2D eigenvalue weighted by molar-refractivity contribution is 6.30. The molecule has 2 aromatic rings. The number of carbonyl (C=O) groups excluding carboxylic acids is 1. The largest absolute Gasteiger partial charge is 0.483 e. The maximum Gasteiger partial charge on any atom is 0.307 e. The molecule has 1 fully saturated rings. The summed E-state index contributed by atoms with van der Waals surface area (Å²) in [6.45, 7) is 5.76. The van der Waals surface area contributed by atoms with Crippen LogP contribution in [-0.2, 0) is 22.6 Å². The maximum atomic E-state index is 13.1. The SMILES string of the molecule is C[C@@H]1CN(Cc2ccc(F)cc2)[C@@H](C)CN1C(=O)COc1cc(Cl)ccc1CC(=O)O. The fraction of sp³-hybridized carbons (Fsp3) is 0.391. The lowest BCUT2D eigenvalue weighted by Crippen LogP contribution is -2.58. The molecular formula is C23H26ClFN2O4. The average molecular weight is 449 g/mol. The topological polar surface area (TPSA) is 70.1 Å². The van der Waals surface area contributed by atoms with Crippen molar-refractivity contribution in [2.75, 3.05) is 19.7 Å². The molecule has 0 bridgehead atoms. The number of piperazine rings is 1. The van der Waals surface area contributed by atoms with E-state index < -0.39 is 5.97 Å². The third-order valence-corrected chi connectivity index (χ3v) is 5.69. The van der Waals surface area contributed by atoms with E-state index in [2.05, 4.69) is 11.8 Å². The molecule has 0 spiro atoms. The Kier molecular flexibility index (Phi) is 7.51. The summed E-state index contributed by atoms with van der Waals surface area (Å²) in [4.78, 5) is 28.0. The number of carboxylic acids is 1. The first-order valence-corrected chi connectivity index (χ1v) is 10.5. The van der Waals surface area contributed by atoms with E-state index in [1.54, 1.807) is 29.2 Å². The molecule has 166 valence electrons. The van der Waals surface area contributed by atoms with Crippen LogP contribution in [0.5, 0.6) is 5.75 Å². The first-order valence-electron chi connectivity index (χ1n) is 10.1. The highest BCUT2D eigenvalue weighted by atomic mass is 35.5. The van der Waals surface area contributed by atoms with E-state index in [1.165, 1.54) is 18.2 Å². The predicted octanol–water partition coefficient (Wildman–Crippen LogP) is 3.61. The summed E-state index contributed by atoms with van der Waals surface area (Å²) < 4.78 is 18.8. The number of hydrogen-bond acceptors (Lipinski definition) is 4. The fourth-order valence-electron chi connectivity index (χ4n) is 3.78. The molecule has 1 aliphatic heterocycles. The van der Waals surface area contributed by atoms with Gasteiger partial charge in [0.1, 0.15) is 11.6 Å². The van der Waals surface area contributed by atoms with Crippen LogP contribution in [0.25, 0.3) is 0 Å². The van der Waals surface area contributed by atoms with Crippen LogP contribution >= 0.6 is 11.6 Å². The number of halogens is 2. The van der Waals surface area contributed by atoms with Gasteiger partial charge in [0.2, 0.25) is 0 Å². The van der Waals surface area contributed by atoms with E-state index >= 15 is 0 Å². The highest BCUT2D eigenvalue weighted by Gasteiger charge is 2.32. The molecule has 0 aromatic heterocycles. The third-order valence-electron chi connectivity index (χ3n) is 5.46. The average Bonchev–Trinajstić information content (AvgIpc) is 2.71. The minimum atomic E-state index is -0.988. The van der Waals surface area contributed by atoms with E-state index in [-0.39, 0.29) is 36.8 Å². The highest BCUT2D eigenvalue weighted by Crippen LogP contribution is 2.25. The lowest BCUT2D eigenvalue weighted by atomic mass is 10.1. The Labute approximate surface area is 186 Å². The predicted molar refractivity (Wildman–Crippen MR) is 116 cm³/mol. The van der Waals surface area contributed by atoms with Crippen molar-refractivity contribution < 1.29 is 23.8 Å². The van der Waals surface area contributed by atoms with E-state index in [1.807, 2.05) is 6.92 Å². The van der Waals surface area contributed by atoms with E-state index in [4.69, 9.17) is 21.4 Å². The van der Waals surface area contributed by atoms with Crippen molar-refractivity contribution in [3.05, 3.63) is 64.4 Å². The van der Waals surface area contributed by atoms with E-state index in [9.17, 15) is 14.0 Å². The summed E-state index contributed by atoms with van der Waals surface area (Å²) in [6.07, 6.45) is -0.212. The number of carbonyl (C=O) groups is 2. The molecule has 31 heavy (non-hydrogen) atoms. The van der Waals surface area contributed by atoms with Gasteiger partial charge in [-0.2, -0.15) is 0 Å². The van der Waals surface area contributed by atoms with Gasteiger partial charge >= 0.3 is 5.97 Å². The van der Waals surface area contributed by atoms with Crippen LogP contribution in [0.1, 0.15) is 25.0 Å². The normalized spacial score (nSPS) is 19.3. The Hall–Kier alpha value is -2.64. The van der Waals surface area contributed by atoms with Crippen molar-refractivity contribution >= 4 is 23.5 Å². The second kappa shape index (κ2) is 10.1. The van der Waals surface area contributed by atoms with Gasteiger partial charge in [-0.05, 0) is 43.7 Å². The standard InChI is InChI=1S/C23H26ClFN2O4/c1-15-12-27(16(2)11-26(15)13-17-3-7-20(25)8-4-17)22(28)14-31-21-10-19(24)6-5-18(21)9-23(29)30/h3-8,10,15-16H,9,11-14H2,1-2H3,(H,29,30)/t15-,16+/m0/s1. The van der Waals surface area contributed by atoms with Gasteiger partial charge in [-0.1, -0.05) is 29.8 Å². The van der Waals surface area contributed by atoms with Crippen LogP contribution in [0.15, 0.2) is 42.5 Å². The quantitative estimate of drug-likeness (QED) is 0.700. The van der Waals surface area contributed by atoms with Crippen molar-refractivity contribution in [3.63, 3.8) is 0 Å². The Bertz CT molecular complexity index is 938. The van der Waals surface area contributed by atoms with Gasteiger partial charge in [-0.3, -0.25) is 14.5 Å². The zero-order valence-corrected chi connectivity index (χ0v) is 18.3. The molecule has 1 aliphatic rings. The molecule has 0 saturated carbocycles. The summed E-state index contributed by atoms with van der Waals surface area (Å²) in [7, 11) is 0. The lowest BCUT2D eigenvalue weighted by molar-refractivity contribution is -0.139. The van der Waals surface area contributed by atoms with Gasteiger partial charge in [0.15, 0.2) is 6.61 Å². The molecule has 1 amide bonds.